The van der Waals surface area contributed by atoms with Gasteiger partial charge in [-0.05, 0) is 31.0 Å². The van der Waals surface area contributed by atoms with E-state index >= 15 is 0 Å². The van der Waals surface area contributed by atoms with Crippen molar-refractivity contribution in [1.29, 1.82) is 0 Å². The van der Waals surface area contributed by atoms with Crippen molar-refractivity contribution in [1.82, 2.24) is 5.32 Å². The molecule has 0 saturated heterocycles. The Morgan fingerprint density at radius 2 is 2.00 bits per heavy atom. The second-order valence-corrected chi connectivity index (χ2v) is 6.87. The zero-order valence-corrected chi connectivity index (χ0v) is 11.9. The normalized spacial score (nSPS) is 13.5. The van der Waals surface area contributed by atoms with Gasteiger partial charge in [-0.2, -0.15) is 0 Å². The van der Waals surface area contributed by atoms with Crippen molar-refractivity contribution >= 4 is 9.84 Å². The molecule has 0 aliphatic rings. The Hall–Kier alpha value is -1.01. The Kier molecular flexibility index (Phi) is 5.87. The summed E-state index contributed by atoms with van der Waals surface area (Å²) in [6.45, 7) is 2.62. The van der Waals surface area contributed by atoms with Crippen LogP contribution in [0.5, 0.6) is 0 Å². The van der Waals surface area contributed by atoms with E-state index in [9.17, 15) is 17.2 Å². The maximum atomic E-state index is 13.5. The van der Waals surface area contributed by atoms with Crippen molar-refractivity contribution in [3.8, 4) is 0 Å². The second-order valence-electron chi connectivity index (χ2n) is 4.68. The van der Waals surface area contributed by atoms with Crippen molar-refractivity contribution in [3.05, 3.63) is 35.4 Å². The Bertz CT molecular complexity index is 517. The van der Waals surface area contributed by atoms with Crippen LogP contribution in [0, 0.1) is 11.6 Å². The van der Waals surface area contributed by atoms with Gasteiger partial charge in [0.25, 0.3) is 0 Å². The fourth-order valence-corrected chi connectivity index (χ4v) is 2.82. The summed E-state index contributed by atoms with van der Waals surface area (Å²) in [7, 11) is -3.15. The van der Waals surface area contributed by atoms with E-state index in [4.69, 9.17) is 0 Å². The van der Waals surface area contributed by atoms with Gasteiger partial charge in [-0.3, -0.25) is 0 Å². The summed E-state index contributed by atoms with van der Waals surface area (Å²) in [6, 6.07) is 2.98. The number of benzene rings is 1. The lowest BCUT2D eigenvalue weighted by Crippen LogP contribution is -2.38. The molecule has 0 saturated carbocycles. The van der Waals surface area contributed by atoms with Crippen molar-refractivity contribution in [3.63, 3.8) is 0 Å². The summed E-state index contributed by atoms with van der Waals surface area (Å²) in [5.41, 5.74) is 0.318. The topological polar surface area (TPSA) is 46.2 Å². The standard InChI is InChI=1S/C13H19F2NO2S/c1-3-6-16-12(9-19(2,17)18)7-10-4-5-11(14)8-13(10)15/h4-5,8,12,16H,3,6-7,9H2,1-2H3. The lowest BCUT2D eigenvalue weighted by Gasteiger charge is -2.18. The Balaban J connectivity index is 2.81. The summed E-state index contributed by atoms with van der Waals surface area (Å²) in [4.78, 5) is 0. The van der Waals surface area contributed by atoms with Gasteiger partial charge in [0.15, 0.2) is 0 Å². The lowest BCUT2D eigenvalue weighted by atomic mass is 10.1. The molecule has 0 bridgehead atoms. The van der Waals surface area contributed by atoms with E-state index in [-0.39, 0.29) is 18.2 Å². The van der Waals surface area contributed by atoms with Gasteiger partial charge >= 0.3 is 0 Å². The van der Waals surface area contributed by atoms with Crippen molar-refractivity contribution in [2.24, 2.45) is 0 Å². The molecule has 1 atom stereocenters. The molecule has 0 amide bonds. The molecule has 1 unspecified atom stereocenters. The first-order chi connectivity index (χ1) is 8.81. The number of rotatable bonds is 7. The Morgan fingerprint density at radius 3 is 2.53 bits per heavy atom. The van der Waals surface area contributed by atoms with Crippen LogP contribution in [0.4, 0.5) is 8.78 Å². The average molecular weight is 291 g/mol. The molecule has 1 N–H and O–H groups in total. The molecule has 3 nitrogen and oxygen atoms in total. The predicted molar refractivity (Wildman–Crippen MR) is 71.9 cm³/mol. The molecule has 1 aromatic carbocycles. The van der Waals surface area contributed by atoms with Crippen LogP contribution in [0.15, 0.2) is 18.2 Å². The molecule has 0 aliphatic heterocycles. The van der Waals surface area contributed by atoms with Gasteiger partial charge < -0.3 is 5.32 Å². The maximum Gasteiger partial charge on any atom is 0.148 e. The van der Waals surface area contributed by atoms with E-state index in [0.717, 1.165) is 18.7 Å². The van der Waals surface area contributed by atoms with Crippen LogP contribution in [-0.4, -0.2) is 33.0 Å². The van der Waals surface area contributed by atoms with Gasteiger partial charge in [0.1, 0.15) is 21.5 Å². The monoisotopic (exact) mass is 291 g/mol. The van der Waals surface area contributed by atoms with Crippen LogP contribution in [0.25, 0.3) is 0 Å². The minimum absolute atomic E-state index is 0.0657. The SMILES string of the molecule is CCCNC(Cc1ccc(F)cc1F)CS(C)(=O)=O. The molecule has 0 fully saturated rings. The van der Waals surface area contributed by atoms with E-state index in [2.05, 4.69) is 5.32 Å². The van der Waals surface area contributed by atoms with Crippen molar-refractivity contribution in [2.75, 3.05) is 18.6 Å². The highest BCUT2D eigenvalue weighted by molar-refractivity contribution is 7.90. The zero-order valence-electron chi connectivity index (χ0n) is 11.1. The highest BCUT2D eigenvalue weighted by Crippen LogP contribution is 2.12. The molecule has 0 aliphatic carbocycles. The van der Waals surface area contributed by atoms with E-state index < -0.39 is 21.5 Å². The number of hydrogen-bond acceptors (Lipinski definition) is 3. The van der Waals surface area contributed by atoms with Gasteiger partial charge in [-0.15, -0.1) is 0 Å². The quantitative estimate of drug-likeness (QED) is 0.835. The molecule has 0 aromatic heterocycles. The summed E-state index contributed by atoms with van der Waals surface area (Å²) in [6.07, 6.45) is 2.22. The molecule has 0 radical (unpaired) electrons. The van der Waals surface area contributed by atoms with Gasteiger partial charge in [0.05, 0.1) is 5.75 Å². The number of sulfone groups is 1. The molecule has 108 valence electrons. The molecule has 0 spiro atoms. The highest BCUT2D eigenvalue weighted by atomic mass is 32.2. The van der Waals surface area contributed by atoms with Crippen LogP contribution in [-0.2, 0) is 16.3 Å². The van der Waals surface area contributed by atoms with Crippen LogP contribution in [0.3, 0.4) is 0 Å². The second kappa shape index (κ2) is 6.96. The highest BCUT2D eigenvalue weighted by Gasteiger charge is 2.17. The minimum atomic E-state index is -3.15. The number of hydrogen-bond donors (Lipinski definition) is 1. The first-order valence-electron chi connectivity index (χ1n) is 6.17. The van der Waals surface area contributed by atoms with E-state index in [1.807, 2.05) is 6.92 Å². The molecular weight excluding hydrogens is 272 g/mol. The van der Waals surface area contributed by atoms with E-state index in [1.54, 1.807) is 0 Å². The van der Waals surface area contributed by atoms with Gasteiger partial charge in [0.2, 0.25) is 0 Å². The van der Waals surface area contributed by atoms with Gasteiger partial charge in [-0.25, -0.2) is 17.2 Å². The van der Waals surface area contributed by atoms with Crippen molar-refractivity contribution in [2.45, 2.75) is 25.8 Å². The van der Waals surface area contributed by atoms with Crippen LogP contribution in [0.1, 0.15) is 18.9 Å². The number of halogens is 2. The Morgan fingerprint density at radius 1 is 1.32 bits per heavy atom. The molecule has 1 aromatic rings. The maximum absolute atomic E-state index is 13.5. The fourth-order valence-electron chi connectivity index (χ4n) is 1.86. The van der Waals surface area contributed by atoms with Crippen LogP contribution in [0.2, 0.25) is 0 Å². The van der Waals surface area contributed by atoms with E-state index in [1.165, 1.54) is 12.1 Å². The molecular formula is C13H19F2NO2S. The van der Waals surface area contributed by atoms with Gasteiger partial charge in [-0.1, -0.05) is 13.0 Å². The lowest BCUT2D eigenvalue weighted by molar-refractivity contribution is 0.512. The average Bonchev–Trinajstić information content (AvgIpc) is 2.27. The Labute approximate surface area is 112 Å². The largest absolute Gasteiger partial charge is 0.313 e. The van der Waals surface area contributed by atoms with Crippen LogP contribution < -0.4 is 5.32 Å². The zero-order chi connectivity index (χ0) is 14.5. The summed E-state index contributed by atoms with van der Waals surface area (Å²) < 4.78 is 49.0. The first-order valence-corrected chi connectivity index (χ1v) is 8.23. The van der Waals surface area contributed by atoms with Crippen LogP contribution >= 0.6 is 0 Å². The first kappa shape index (κ1) is 16.0. The summed E-state index contributed by atoms with van der Waals surface area (Å²) >= 11 is 0. The molecule has 0 heterocycles. The van der Waals surface area contributed by atoms with E-state index in [0.29, 0.717) is 12.1 Å². The third kappa shape index (κ3) is 6.11. The third-order valence-electron chi connectivity index (χ3n) is 2.67. The predicted octanol–water partition coefficient (Wildman–Crippen LogP) is 1.92. The third-order valence-corrected chi connectivity index (χ3v) is 3.68. The number of nitrogens with one attached hydrogen (secondary N) is 1. The summed E-state index contributed by atoms with van der Waals surface area (Å²) in [5, 5.41) is 3.08. The molecule has 1 rings (SSSR count). The van der Waals surface area contributed by atoms with Gasteiger partial charge in [0, 0.05) is 18.4 Å². The smallest absolute Gasteiger partial charge is 0.148 e. The minimum Gasteiger partial charge on any atom is -0.313 e. The molecule has 6 heteroatoms. The molecule has 19 heavy (non-hydrogen) atoms. The van der Waals surface area contributed by atoms with Crippen molar-refractivity contribution < 1.29 is 17.2 Å². The summed E-state index contributed by atoms with van der Waals surface area (Å²) in [5.74, 6) is -1.34. The fraction of sp³-hybridized carbons (Fsp3) is 0.538.